The molecule has 7 nitrogen and oxygen atoms in total. The van der Waals surface area contributed by atoms with Crippen LogP contribution >= 0.6 is 0 Å². The number of piperidine rings is 1. The fourth-order valence-corrected chi connectivity index (χ4v) is 3.03. The maximum atomic E-state index is 13.2. The van der Waals surface area contributed by atoms with Crippen molar-refractivity contribution in [2.24, 2.45) is 0 Å². The number of benzene rings is 1. The Morgan fingerprint density at radius 2 is 1.79 bits per heavy atom. The molecule has 0 saturated carbocycles. The van der Waals surface area contributed by atoms with E-state index in [0.717, 1.165) is 0 Å². The van der Waals surface area contributed by atoms with Crippen molar-refractivity contribution in [3.05, 3.63) is 35.6 Å². The van der Waals surface area contributed by atoms with Crippen molar-refractivity contribution in [1.29, 1.82) is 0 Å². The summed E-state index contributed by atoms with van der Waals surface area (Å²) in [5.41, 5.74) is -0.280. The number of nitrogens with zero attached hydrogens (tertiary/aromatic N) is 1. The quantitative estimate of drug-likeness (QED) is 0.798. The van der Waals surface area contributed by atoms with Gasteiger partial charge in [-0.05, 0) is 51.3 Å². The van der Waals surface area contributed by atoms with Gasteiger partial charge in [-0.25, -0.2) is 9.18 Å². The standard InChI is InChI=1S/C20H29FN2O5/c1-20(2,3)22-19(26)28-17(16(24)13-5-7-14(21)8-6-13)18(25)23-11-9-15(27-4)10-12-23/h5-8,15-17,24H,9-12H2,1-4H3,(H,22,26). The van der Waals surface area contributed by atoms with Gasteiger partial charge in [0.25, 0.3) is 5.91 Å². The molecule has 1 aliphatic heterocycles. The number of methoxy groups -OCH3 is 1. The molecule has 0 bridgehead atoms. The van der Waals surface area contributed by atoms with Crippen molar-refractivity contribution >= 4 is 12.0 Å². The van der Waals surface area contributed by atoms with Gasteiger partial charge >= 0.3 is 6.09 Å². The highest BCUT2D eigenvalue weighted by Crippen LogP contribution is 2.24. The molecule has 28 heavy (non-hydrogen) atoms. The molecule has 2 atom stereocenters. The van der Waals surface area contributed by atoms with Gasteiger partial charge in [-0.3, -0.25) is 4.79 Å². The molecule has 0 aliphatic carbocycles. The topological polar surface area (TPSA) is 88.1 Å². The van der Waals surface area contributed by atoms with E-state index in [0.29, 0.717) is 25.9 Å². The molecule has 0 spiro atoms. The Hall–Kier alpha value is -2.19. The zero-order chi connectivity index (χ0) is 20.9. The second-order valence-electron chi connectivity index (χ2n) is 7.96. The maximum absolute atomic E-state index is 13.2. The van der Waals surface area contributed by atoms with Gasteiger partial charge < -0.3 is 24.8 Å². The number of nitrogens with one attached hydrogen (secondary N) is 1. The van der Waals surface area contributed by atoms with E-state index in [-0.39, 0.29) is 11.7 Å². The number of aliphatic hydroxyl groups is 1. The number of alkyl carbamates (subject to hydrolysis) is 1. The van der Waals surface area contributed by atoms with Crippen LogP contribution in [0.1, 0.15) is 45.3 Å². The molecule has 8 heteroatoms. The van der Waals surface area contributed by atoms with Crippen molar-refractivity contribution in [1.82, 2.24) is 10.2 Å². The molecule has 2 unspecified atom stereocenters. The van der Waals surface area contributed by atoms with Crippen LogP contribution in [0.25, 0.3) is 0 Å². The molecule has 1 saturated heterocycles. The van der Waals surface area contributed by atoms with E-state index in [2.05, 4.69) is 5.32 Å². The van der Waals surface area contributed by atoms with E-state index in [4.69, 9.17) is 9.47 Å². The second-order valence-corrected chi connectivity index (χ2v) is 7.96. The summed E-state index contributed by atoms with van der Waals surface area (Å²) in [5.74, 6) is -0.956. The Bertz CT molecular complexity index is 666. The Morgan fingerprint density at radius 3 is 2.29 bits per heavy atom. The summed E-state index contributed by atoms with van der Waals surface area (Å²) in [4.78, 5) is 26.8. The summed E-state index contributed by atoms with van der Waals surface area (Å²) in [5, 5.41) is 13.3. The summed E-state index contributed by atoms with van der Waals surface area (Å²) < 4.78 is 23.8. The SMILES string of the molecule is COC1CCN(C(=O)C(OC(=O)NC(C)(C)C)C(O)c2ccc(F)cc2)CC1. The van der Waals surface area contributed by atoms with Gasteiger partial charge in [0.1, 0.15) is 11.9 Å². The lowest BCUT2D eigenvalue weighted by Crippen LogP contribution is -2.50. The van der Waals surface area contributed by atoms with Crippen LogP contribution in [0.5, 0.6) is 0 Å². The summed E-state index contributed by atoms with van der Waals surface area (Å²) in [6.07, 6.45) is -2.26. The number of carbonyl (C=O) groups is 2. The highest BCUT2D eigenvalue weighted by molar-refractivity contribution is 5.84. The summed E-state index contributed by atoms with van der Waals surface area (Å²) in [6.45, 7) is 6.20. The Balaban J connectivity index is 2.18. The van der Waals surface area contributed by atoms with Crippen LogP contribution in [0.15, 0.2) is 24.3 Å². The van der Waals surface area contributed by atoms with Gasteiger partial charge in [0.15, 0.2) is 0 Å². The van der Waals surface area contributed by atoms with Crippen LogP contribution in [0.3, 0.4) is 0 Å². The van der Waals surface area contributed by atoms with E-state index >= 15 is 0 Å². The highest BCUT2D eigenvalue weighted by atomic mass is 19.1. The van der Waals surface area contributed by atoms with Gasteiger partial charge in [-0.2, -0.15) is 0 Å². The highest BCUT2D eigenvalue weighted by Gasteiger charge is 2.37. The van der Waals surface area contributed by atoms with Crippen LogP contribution in [-0.4, -0.2) is 60.0 Å². The lowest BCUT2D eigenvalue weighted by Gasteiger charge is -2.35. The van der Waals surface area contributed by atoms with Gasteiger partial charge in [0.2, 0.25) is 6.10 Å². The average molecular weight is 396 g/mol. The third-order valence-corrected chi connectivity index (χ3v) is 4.54. The molecule has 0 radical (unpaired) electrons. The molecule has 1 aliphatic rings. The van der Waals surface area contributed by atoms with Crippen molar-refractivity contribution in [3.8, 4) is 0 Å². The third-order valence-electron chi connectivity index (χ3n) is 4.54. The van der Waals surface area contributed by atoms with E-state index in [1.807, 2.05) is 0 Å². The molecule has 2 N–H and O–H groups in total. The molecule has 1 heterocycles. The fraction of sp³-hybridized carbons (Fsp3) is 0.600. The van der Waals surface area contributed by atoms with Crippen molar-refractivity contribution in [2.75, 3.05) is 20.2 Å². The van der Waals surface area contributed by atoms with Gasteiger partial charge in [-0.15, -0.1) is 0 Å². The van der Waals surface area contributed by atoms with E-state index in [9.17, 15) is 19.1 Å². The minimum Gasteiger partial charge on any atom is -0.433 e. The molecule has 1 aromatic carbocycles. The Kier molecular flexibility index (Phi) is 7.37. The van der Waals surface area contributed by atoms with Crippen LogP contribution in [0.4, 0.5) is 9.18 Å². The van der Waals surface area contributed by atoms with E-state index in [1.165, 1.54) is 24.3 Å². The van der Waals surface area contributed by atoms with Crippen LogP contribution in [-0.2, 0) is 14.3 Å². The molecule has 2 rings (SSSR count). The zero-order valence-electron chi connectivity index (χ0n) is 16.8. The van der Waals surface area contributed by atoms with Crippen LogP contribution < -0.4 is 5.32 Å². The molecular weight excluding hydrogens is 367 g/mol. The largest absolute Gasteiger partial charge is 0.433 e. The van der Waals surface area contributed by atoms with E-state index < -0.39 is 35.6 Å². The number of rotatable bonds is 5. The minimum absolute atomic E-state index is 0.0784. The molecular formula is C20H29FN2O5. The van der Waals surface area contributed by atoms with Crippen molar-refractivity contribution in [2.45, 2.75) is 57.5 Å². The molecule has 156 valence electrons. The van der Waals surface area contributed by atoms with Gasteiger partial charge in [-0.1, -0.05) is 12.1 Å². The second kappa shape index (κ2) is 9.34. The molecule has 1 aromatic rings. The Labute approximate surface area is 164 Å². The first-order chi connectivity index (χ1) is 13.1. The van der Waals surface area contributed by atoms with Crippen molar-refractivity contribution in [3.63, 3.8) is 0 Å². The molecule has 1 fully saturated rings. The number of hydrogen-bond donors (Lipinski definition) is 2. The summed E-state index contributed by atoms with van der Waals surface area (Å²) >= 11 is 0. The number of ether oxygens (including phenoxy) is 2. The van der Waals surface area contributed by atoms with E-state index in [1.54, 1.807) is 32.8 Å². The van der Waals surface area contributed by atoms with Crippen LogP contribution in [0.2, 0.25) is 0 Å². The first-order valence-electron chi connectivity index (χ1n) is 9.34. The maximum Gasteiger partial charge on any atom is 0.408 e. The smallest absolute Gasteiger partial charge is 0.408 e. The lowest BCUT2D eigenvalue weighted by molar-refractivity contribution is -0.149. The minimum atomic E-state index is -1.44. The van der Waals surface area contributed by atoms with Crippen molar-refractivity contribution < 1.29 is 28.6 Å². The first kappa shape index (κ1) is 22.1. The number of amides is 2. The number of carbonyl (C=O) groups excluding carboxylic acids is 2. The zero-order valence-corrected chi connectivity index (χ0v) is 16.8. The van der Waals surface area contributed by atoms with Gasteiger partial charge in [0, 0.05) is 25.7 Å². The predicted octanol–water partition coefficient (Wildman–Crippen LogP) is 2.39. The third kappa shape index (κ3) is 6.17. The number of likely N-dealkylation sites (tertiary alicyclic amines) is 1. The predicted molar refractivity (Wildman–Crippen MR) is 101 cm³/mol. The summed E-state index contributed by atoms with van der Waals surface area (Å²) in [7, 11) is 1.63. The van der Waals surface area contributed by atoms with Gasteiger partial charge in [0.05, 0.1) is 6.10 Å². The number of hydrogen-bond acceptors (Lipinski definition) is 5. The summed E-state index contributed by atoms with van der Waals surface area (Å²) in [6, 6.07) is 5.09. The fourth-order valence-electron chi connectivity index (χ4n) is 3.03. The number of halogens is 1. The Morgan fingerprint density at radius 1 is 1.21 bits per heavy atom. The monoisotopic (exact) mass is 396 g/mol. The molecule has 0 aromatic heterocycles. The lowest BCUT2D eigenvalue weighted by atomic mass is 10.0. The normalized spacial score (nSPS) is 17.7. The first-order valence-corrected chi connectivity index (χ1v) is 9.34. The average Bonchev–Trinajstić information content (AvgIpc) is 2.64. The number of aliphatic hydroxyl groups excluding tert-OH is 1. The molecule has 2 amide bonds. The van der Waals surface area contributed by atoms with Crippen LogP contribution in [0, 0.1) is 5.82 Å².